The summed E-state index contributed by atoms with van der Waals surface area (Å²) in [5.74, 6) is -0.0556. The molecule has 2 nitrogen and oxygen atoms in total. The minimum atomic E-state index is -0.0556. The van der Waals surface area contributed by atoms with E-state index < -0.39 is 0 Å². The maximum atomic E-state index is 11.5. The zero-order valence-corrected chi connectivity index (χ0v) is 9.99. The fourth-order valence-electron chi connectivity index (χ4n) is 1.33. The average Bonchev–Trinajstić information content (AvgIpc) is 2.28. The van der Waals surface area contributed by atoms with Crippen molar-refractivity contribution in [1.29, 1.82) is 0 Å². The maximum Gasteiger partial charge on any atom is 0.248 e. The smallest absolute Gasteiger partial charge is 0.248 e. The van der Waals surface area contributed by atoms with E-state index in [1.807, 2.05) is 37.3 Å². The number of anilines is 1. The summed E-state index contributed by atoms with van der Waals surface area (Å²) in [5, 5.41) is 2.82. The van der Waals surface area contributed by atoms with Crippen LogP contribution < -0.4 is 5.32 Å². The molecule has 0 aliphatic rings. The molecule has 0 radical (unpaired) electrons. The Bertz CT molecular complexity index is 352. The third-order valence-electron chi connectivity index (χ3n) is 2.31. The van der Waals surface area contributed by atoms with Gasteiger partial charge in [0.15, 0.2) is 0 Å². The molecule has 16 heavy (non-hydrogen) atoms. The summed E-state index contributed by atoms with van der Waals surface area (Å²) in [7, 11) is 0. The second-order valence-corrected chi connectivity index (χ2v) is 3.90. The predicted octanol–water partition coefficient (Wildman–Crippen LogP) is 3.68. The molecule has 1 rings (SSSR count). The SMILES string of the molecule is CCCC/C=C/C(=O)Nc1ccc(C)cc1. The van der Waals surface area contributed by atoms with E-state index in [0.717, 1.165) is 24.9 Å². The van der Waals surface area contributed by atoms with Gasteiger partial charge >= 0.3 is 0 Å². The Morgan fingerprint density at radius 1 is 1.31 bits per heavy atom. The average molecular weight is 217 g/mol. The Morgan fingerprint density at radius 3 is 2.62 bits per heavy atom. The zero-order valence-electron chi connectivity index (χ0n) is 9.99. The van der Waals surface area contributed by atoms with Gasteiger partial charge in [0, 0.05) is 5.69 Å². The molecule has 1 N–H and O–H groups in total. The number of hydrogen-bond acceptors (Lipinski definition) is 1. The minimum absolute atomic E-state index is 0.0556. The van der Waals surface area contributed by atoms with Crippen LogP contribution in [0.5, 0.6) is 0 Å². The van der Waals surface area contributed by atoms with Crippen molar-refractivity contribution >= 4 is 11.6 Å². The molecule has 1 aromatic rings. The number of unbranched alkanes of at least 4 members (excludes halogenated alkanes) is 2. The summed E-state index contributed by atoms with van der Waals surface area (Å²) >= 11 is 0. The number of carbonyl (C=O) groups excluding carboxylic acids is 1. The van der Waals surface area contributed by atoms with Crippen LogP contribution in [0.4, 0.5) is 5.69 Å². The van der Waals surface area contributed by atoms with E-state index in [1.165, 1.54) is 5.56 Å². The minimum Gasteiger partial charge on any atom is -0.323 e. The lowest BCUT2D eigenvalue weighted by Crippen LogP contribution is -2.07. The van der Waals surface area contributed by atoms with Gasteiger partial charge in [-0.1, -0.05) is 43.5 Å². The molecule has 1 amide bonds. The first-order valence-electron chi connectivity index (χ1n) is 5.76. The highest BCUT2D eigenvalue weighted by molar-refractivity contribution is 5.99. The molecule has 0 heterocycles. The Labute approximate surface area is 97.4 Å². The molecule has 0 aliphatic carbocycles. The van der Waals surface area contributed by atoms with E-state index in [0.29, 0.717) is 0 Å². The van der Waals surface area contributed by atoms with Gasteiger partial charge < -0.3 is 5.32 Å². The fourth-order valence-corrected chi connectivity index (χ4v) is 1.33. The number of carbonyl (C=O) groups is 1. The maximum absolute atomic E-state index is 11.5. The molecular formula is C14H19NO. The highest BCUT2D eigenvalue weighted by atomic mass is 16.1. The Kier molecular flexibility index (Phi) is 5.34. The highest BCUT2D eigenvalue weighted by Gasteiger charge is 1.96. The van der Waals surface area contributed by atoms with Gasteiger partial charge in [0.05, 0.1) is 0 Å². The van der Waals surface area contributed by atoms with Crippen LogP contribution in [0.15, 0.2) is 36.4 Å². The van der Waals surface area contributed by atoms with Crippen molar-refractivity contribution in [2.45, 2.75) is 33.1 Å². The summed E-state index contributed by atoms with van der Waals surface area (Å²) in [5.41, 5.74) is 2.03. The van der Waals surface area contributed by atoms with Crippen LogP contribution in [0.25, 0.3) is 0 Å². The van der Waals surface area contributed by atoms with Crippen LogP contribution in [0, 0.1) is 6.92 Å². The molecule has 86 valence electrons. The molecule has 1 aromatic carbocycles. The summed E-state index contributed by atoms with van der Waals surface area (Å²) in [6.07, 6.45) is 6.79. The number of hydrogen-bond donors (Lipinski definition) is 1. The fraction of sp³-hybridized carbons (Fsp3) is 0.357. The van der Waals surface area contributed by atoms with Crippen LogP contribution in [0.2, 0.25) is 0 Å². The van der Waals surface area contributed by atoms with E-state index in [9.17, 15) is 4.79 Å². The molecular weight excluding hydrogens is 198 g/mol. The molecule has 0 fully saturated rings. The topological polar surface area (TPSA) is 29.1 Å². The quantitative estimate of drug-likeness (QED) is 0.591. The molecule has 0 atom stereocenters. The van der Waals surface area contributed by atoms with E-state index in [2.05, 4.69) is 12.2 Å². The van der Waals surface area contributed by atoms with Crippen LogP contribution in [-0.4, -0.2) is 5.91 Å². The normalized spacial score (nSPS) is 10.6. The largest absolute Gasteiger partial charge is 0.323 e. The summed E-state index contributed by atoms with van der Waals surface area (Å²) in [6, 6.07) is 7.78. The van der Waals surface area contributed by atoms with Crippen molar-refractivity contribution in [3.8, 4) is 0 Å². The lowest BCUT2D eigenvalue weighted by atomic mass is 10.2. The molecule has 0 unspecified atom stereocenters. The van der Waals surface area contributed by atoms with Crippen LogP contribution >= 0.6 is 0 Å². The zero-order chi connectivity index (χ0) is 11.8. The van der Waals surface area contributed by atoms with Crippen LogP contribution in [0.3, 0.4) is 0 Å². The van der Waals surface area contributed by atoms with Gasteiger partial charge in [-0.2, -0.15) is 0 Å². The van der Waals surface area contributed by atoms with Gasteiger partial charge in [-0.25, -0.2) is 0 Å². The summed E-state index contributed by atoms with van der Waals surface area (Å²) < 4.78 is 0. The Balaban J connectivity index is 2.39. The van der Waals surface area contributed by atoms with E-state index in [4.69, 9.17) is 0 Å². The highest BCUT2D eigenvalue weighted by Crippen LogP contribution is 2.08. The first-order chi connectivity index (χ1) is 7.72. The summed E-state index contributed by atoms with van der Waals surface area (Å²) in [6.45, 7) is 4.16. The van der Waals surface area contributed by atoms with Crippen molar-refractivity contribution in [3.05, 3.63) is 42.0 Å². The van der Waals surface area contributed by atoms with Crippen LogP contribution in [-0.2, 0) is 4.79 Å². The van der Waals surface area contributed by atoms with Gasteiger partial charge in [0.2, 0.25) is 5.91 Å². The van der Waals surface area contributed by atoms with Gasteiger partial charge in [-0.3, -0.25) is 4.79 Å². The third-order valence-corrected chi connectivity index (χ3v) is 2.31. The predicted molar refractivity (Wildman–Crippen MR) is 68.5 cm³/mol. The molecule has 0 bridgehead atoms. The van der Waals surface area contributed by atoms with E-state index >= 15 is 0 Å². The monoisotopic (exact) mass is 217 g/mol. The van der Waals surface area contributed by atoms with E-state index in [-0.39, 0.29) is 5.91 Å². The van der Waals surface area contributed by atoms with Gasteiger partial charge in [0.1, 0.15) is 0 Å². The van der Waals surface area contributed by atoms with Crippen molar-refractivity contribution in [2.75, 3.05) is 5.32 Å². The van der Waals surface area contributed by atoms with Gasteiger partial charge in [-0.15, -0.1) is 0 Å². The first kappa shape index (κ1) is 12.5. The molecule has 0 spiro atoms. The number of rotatable bonds is 5. The molecule has 0 aromatic heterocycles. The van der Waals surface area contributed by atoms with Crippen LogP contribution in [0.1, 0.15) is 31.7 Å². The van der Waals surface area contributed by atoms with Crippen molar-refractivity contribution in [1.82, 2.24) is 0 Å². The Morgan fingerprint density at radius 2 is 2.00 bits per heavy atom. The number of allylic oxidation sites excluding steroid dienone is 1. The second-order valence-electron chi connectivity index (χ2n) is 3.90. The lowest BCUT2D eigenvalue weighted by Gasteiger charge is -2.01. The third kappa shape index (κ3) is 4.78. The summed E-state index contributed by atoms with van der Waals surface area (Å²) in [4.78, 5) is 11.5. The standard InChI is InChI=1S/C14H19NO/c1-3-4-5-6-7-14(16)15-13-10-8-12(2)9-11-13/h6-11H,3-5H2,1-2H3,(H,15,16)/b7-6+. The lowest BCUT2D eigenvalue weighted by molar-refractivity contribution is -0.111. The van der Waals surface area contributed by atoms with Crippen molar-refractivity contribution in [3.63, 3.8) is 0 Å². The van der Waals surface area contributed by atoms with Gasteiger partial charge in [0.25, 0.3) is 0 Å². The van der Waals surface area contributed by atoms with Gasteiger partial charge in [-0.05, 0) is 31.6 Å². The van der Waals surface area contributed by atoms with Crippen molar-refractivity contribution in [2.24, 2.45) is 0 Å². The number of aryl methyl sites for hydroxylation is 1. The van der Waals surface area contributed by atoms with E-state index in [1.54, 1.807) is 6.08 Å². The number of amides is 1. The molecule has 0 saturated heterocycles. The molecule has 0 aliphatic heterocycles. The first-order valence-corrected chi connectivity index (χ1v) is 5.76. The number of nitrogens with one attached hydrogen (secondary N) is 1. The van der Waals surface area contributed by atoms with Crippen molar-refractivity contribution < 1.29 is 4.79 Å². The molecule has 0 saturated carbocycles. The molecule has 2 heteroatoms. The second kappa shape index (κ2) is 6.83. The number of benzene rings is 1. The Hall–Kier alpha value is -1.57.